The van der Waals surface area contributed by atoms with Crippen molar-refractivity contribution in [3.63, 3.8) is 0 Å². The first-order valence-electron chi connectivity index (χ1n) is 8.96. The van der Waals surface area contributed by atoms with Gasteiger partial charge in [0.15, 0.2) is 11.5 Å². The third kappa shape index (κ3) is 3.97. The number of hydrogen-bond donors (Lipinski definition) is 0. The first-order valence-corrected chi connectivity index (χ1v) is 9.49. The predicted octanol–water partition coefficient (Wildman–Crippen LogP) is 4.96. The standard InChI is InChI=1S/C21H25ClFNO2/c1-25-20-12-15-9-11-24(14-16-6-3-4-7-18(16)23)19(8-5-10-22)17(15)13-21(20)26-2/h3-4,6-7,12-13,19H,5,8-11,14H2,1-2H3. The molecule has 0 fully saturated rings. The Kier molecular flexibility index (Phi) is 6.38. The second-order valence-corrected chi connectivity index (χ2v) is 6.94. The van der Waals surface area contributed by atoms with E-state index in [1.807, 2.05) is 12.1 Å². The Morgan fingerprint density at radius 3 is 2.58 bits per heavy atom. The average molecular weight is 378 g/mol. The number of methoxy groups -OCH3 is 2. The lowest BCUT2D eigenvalue weighted by atomic mass is 9.89. The fraction of sp³-hybridized carbons (Fsp3) is 0.429. The van der Waals surface area contributed by atoms with Crippen molar-refractivity contribution in [2.24, 2.45) is 0 Å². The van der Waals surface area contributed by atoms with Gasteiger partial charge < -0.3 is 9.47 Å². The van der Waals surface area contributed by atoms with E-state index in [-0.39, 0.29) is 11.9 Å². The van der Waals surface area contributed by atoms with E-state index in [1.54, 1.807) is 20.3 Å². The average Bonchev–Trinajstić information content (AvgIpc) is 2.67. The SMILES string of the molecule is COc1cc2c(cc1OC)C(CCCCl)N(Cc1ccccc1F)CC2. The Morgan fingerprint density at radius 2 is 1.88 bits per heavy atom. The molecule has 2 aromatic carbocycles. The maximum Gasteiger partial charge on any atom is 0.161 e. The van der Waals surface area contributed by atoms with Crippen molar-refractivity contribution < 1.29 is 13.9 Å². The number of rotatable bonds is 7. The van der Waals surface area contributed by atoms with E-state index in [1.165, 1.54) is 17.2 Å². The number of nitrogens with zero attached hydrogens (tertiary/aromatic N) is 1. The van der Waals surface area contributed by atoms with Gasteiger partial charge in [-0.05, 0) is 48.6 Å². The normalized spacial score (nSPS) is 17.0. The molecule has 0 aliphatic carbocycles. The summed E-state index contributed by atoms with van der Waals surface area (Å²) in [5.74, 6) is 1.95. The van der Waals surface area contributed by atoms with E-state index in [4.69, 9.17) is 21.1 Å². The maximum atomic E-state index is 14.2. The molecule has 0 spiro atoms. The van der Waals surface area contributed by atoms with Crippen LogP contribution >= 0.6 is 11.6 Å². The Hall–Kier alpha value is -1.78. The second-order valence-electron chi connectivity index (χ2n) is 6.56. The van der Waals surface area contributed by atoms with Crippen molar-refractivity contribution in [2.75, 3.05) is 26.6 Å². The number of halogens is 2. The summed E-state index contributed by atoms with van der Waals surface area (Å²) in [6.45, 7) is 1.47. The quantitative estimate of drug-likeness (QED) is 0.636. The Balaban J connectivity index is 1.94. The fourth-order valence-electron chi connectivity index (χ4n) is 3.72. The van der Waals surface area contributed by atoms with Crippen LogP contribution in [0.2, 0.25) is 0 Å². The van der Waals surface area contributed by atoms with Gasteiger partial charge in [0.25, 0.3) is 0 Å². The molecule has 2 aromatic rings. The molecule has 3 nitrogen and oxygen atoms in total. The molecule has 0 aromatic heterocycles. The molecular formula is C21H25ClFNO2. The summed E-state index contributed by atoms with van der Waals surface area (Å²) in [5, 5.41) is 0. The van der Waals surface area contributed by atoms with Gasteiger partial charge in [0.1, 0.15) is 5.82 Å². The molecule has 0 saturated carbocycles. The van der Waals surface area contributed by atoms with E-state index in [2.05, 4.69) is 17.0 Å². The van der Waals surface area contributed by atoms with Gasteiger partial charge in [-0.1, -0.05) is 18.2 Å². The number of ether oxygens (including phenoxy) is 2. The summed E-state index contributed by atoms with van der Waals surface area (Å²) in [4.78, 5) is 2.35. The zero-order valence-corrected chi connectivity index (χ0v) is 16.1. The molecule has 1 heterocycles. The molecule has 1 aliphatic rings. The molecule has 1 atom stereocenters. The first kappa shape index (κ1) is 19.0. The Bertz CT molecular complexity index is 753. The largest absolute Gasteiger partial charge is 0.493 e. The minimum absolute atomic E-state index is 0.151. The highest BCUT2D eigenvalue weighted by Gasteiger charge is 2.29. The molecule has 0 radical (unpaired) electrons. The van der Waals surface area contributed by atoms with Gasteiger partial charge in [0.05, 0.1) is 14.2 Å². The van der Waals surface area contributed by atoms with Gasteiger partial charge >= 0.3 is 0 Å². The van der Waals surface area contributed by atoms with E-state index >= 15 is 0 Å². The summed E-state index contributed by atoms with van der Waals surface area (Å²) >= 11 is 5.96. The van der Waals surface area contributed by atoms with Crippen molar-refractivity contribution in [1.29, 1.82) is 0 Å². The highest BCUT2D eigenvalue weighted by molar-refractivity contribution is 6.17. The molecule has 1 unspecified atom stereocenters. The number of fused-ring (bicyclic) bond motifs is 1. The van der Waals surface area contributed by atoms with E-state index < -0.39 is 0 Å². The van der Waals surface area contributed by atoms with Crippen LogP contribution in [-0.2, 0) is 13.0 Å². The van der Waals surface area contributed by atoms with Gasteiger partial charge in [-0.15, -0.1) is 11.6 Å². The molecule has 0 N–H and O–H groups in total. The predicted molar refractivity (Wildman–Crippen MR) is 103 cm³/mol. The molecular weight excluding hydrogens is 353 g/mol. The van der Waals surface area contributed by atoms with Crippen LogP contribution in [0.4, 0.5) is 4.39 Å². The van der Waals surface area contributed by atoms with Crippen molar-refractivity contribution in [2.45, 2.75) is 31.8 Å². The monoisotopic (exact) mass is 377 g/mol. The summed E-state index contributed by atoms with van der Waals surface area (Å²) in [6.07, 6.45) is 2.75. The number of alkyl halides is 1. The van der Waals surface area contributed by atoms with E-state index in [0.717, 1.165) is 42.9 Å². The lowest BCUT2D eigenvalue weighted by molar-refractivity contribution is 0.163. The molecule has 0 saturated heterocycles. The lowest BCUT2D eigenvalue weighted by Crippen LogP contribution is -2.35. The van der Waals surface area contributed by atoms with Crippen LogP contribution in [0.1, 0.15) is 35.6 Å². The van der Waals surface area contributed by atoms with Crippen LogP contribution in [0.15, 0.2) is 36.4 Å². The third-order valence-corrected chi connectivity index (χ3v) is 5.32. The molecule has 3 rings (SSSR count). The summed E-state index contributed by atoms with van der Waals surface area (Å²) < 4.78 is 25.1. The molecule has 0 amide bonds. The Labute approximate surface area is 159 Å². The van der Waals surface area contributed by atoms with Crippen molar-refractivity contribution in [3.05, 3.63) is 58.9 Å². The van der Waals surface area contributed by atoms with Crippen LogP contribution in [0.5, 0.6) is 11.5 Å². The van der Waals surface area contributed by atoms with Crippen LogP contribution in [0.3, 0.4) is 0 Å². The highest BCUT2D eigenvalue weighted by Crippen LogP contribution is 2.40. The molecule has 5 heteroatoms. The number of benzene rings is 2. The van der Waals surface area contributed by atoms with Crippen LogP contribution in [-0.4, -0.2) is 31.5 Å². The maximum absolute atomic E-state index is 14.2. The smallest absolute Gasteiger partial charge is 0.161 e. The van der Waals surface area contributed by atoms with Crippen LogP contribution < -0.4 is 9.47 Å². The van der Waals surface area contributed by atoms with Crippen LogP contribution in [0.25, 0.3) is 0 Å². The van der Waals surface area contributed by atoms with E-state index in [0.29, 0.717) is 12.4 Å². The van der Waals surface area contributed by atoms with Crippen molar-refractivity contribution in [3.8, 4) is 11.5 Å². The highest BCUT2D eigenvalue weighted by atomic mass is 35.5. The van der Waals surface area contributed by atoms with Crippen molar-refractivity contribution in [1.82, 2.24) is 4.90 Å². The molecule has 0 bridgehead atoms. The lowest BCUT2D eigenvalue weighted by Gasteiger charge is -2.38. The minimum atomic E-state index is -0.151. The van der Waals surface area contributed by atoms with Crippen LogP contribution in [0, 0.1) is 5.82 Å². The van der Waals surface area contributed by atoms with Gasteiger partial charge in [-0.25, -0.2) is 4.39 Å². The van der Waals surface area contributed by atoms with Crippen molar-refractivity contribution >= 4 is 11.6 Å². The number of hydrogen-bond acceptors (Lipinski definition) is 3. The van der Waals surface area contributed by atoms with Gasteiger partial charge in [-0.2, -0.15) is 0 Å². The minimum Gasteiger partial charge on any atom is -0.493 e. The van der Waals surface area contributed by atoms with E-state index in [9.17, 15) is 4.39 Å². The molecule has 140 valence electrons. The topological polar surface area (TPSA) is 21.7 Å². The third-order valence-electron chi connectivity index (χ3n) is 5.06. The first-order chi connectivity index (χ1) is 12.7. The zero-order valence-electron chi connectivity index (χ0n) is 15.3. The van der Waals surface area contributed by atoms with Gasteiger partial charge in [-0.3, -0.25) is 4.90 Å². The van der Waals surface area contributed by atoms with Gasteiger partial charge in [0, 0.05) is 30.6 Å². The molecule has 26 heavy (non-hydrogen) atoms. The molecule has 1 aliphatic heterocycles. The van der Waals surface area contributed by atoms with Gasteiger partial charge in [0.2, 0.25) is 0 Å². The second kappa shape index (κ2) is 8.74. The fourth-order valence-corrected chi connectivity index (χ4v) is 3.88. The zero-order chi connectivity index (χ0) is 18.5. The summed E-state index contributed by atoms with van der Waals surface area (Å²) in [5.41, 5.74) is 3.23. The summed E-state index contributed by atoms with van der Waals surface area (Å²) in [6, 6.07) is 11.3. The Morgan fingerprint density at radius 1 is 1.15 bits per heavy atom. The summed E-state index contributed by atoms with van der Waals surface area (Å²) in [7, 11) is 3.31.